The summed E-state index contributed by atoms with van der Waals surface area (Å²) < 4.78 is 4.77. The largest absolute Gasteiger partial charge is 0.464 e. The van der Waals surface area contributed by atoms with Crippen LogP contribution in [0.5, 0.6) is 0 Å². The first kappa shape index (κ1) is 10.8. The SMILES string of the molecule is CC(C)(CO)COC(=O)CS. The van der Waals surface area contributed by atoms with Crippen LogP contribution in [0.3, 0.4) is 0 Å². The van der Waals surface area contributed by atoms with Gasteiger partial charge in [0.05, 0.1) is 19.0 Å². The number of hydrogen-bond acceptors (Lipinski definition) is 4. The van der Waals surface area contributed by atoms with Gasteiger partial charge in [0.25, 0.3) is 0 Å². The van der Waals surface area contributed by atoms with Crippen LogP contribution in [0.25, 0.3) is 0 Å². The molecule has 0 radical (unpaired) electrons. The van der Waals surface area contributed by atoms with Gasteiger partial charge in [0.2, 0.25) is 0 Å². The molecule has 1 N–H and O–H groups in total. The summed E-state index contributed by atoms with van der Waals surface area (Å²) in [4.78, 5) is 10.6. The van der Waals surface area contributed by atoms with Crippen molar-refractivity contribution >= 4 is 18.6 Å². The Kier molecular flexibility index (Phi) is 4.52. The summed E-state index contributed by atoms with van der Waals surface area (Å²) in [5, 5.41) is 8.77. The summed E-state index contributed by atoms with van der Waals surface area (Å²) in [5.74, 6) is -0.267. The number of thiol groups is 1. The highest BCUT2D eigenvalue weighted by atomic mass is 32.1. The van der Waals surface area contributed by atoms with E-state index in [9.17, 15) is 4.79 Å². The molecule has 0 aliphatic heterocycles. The Morgan fingerprint density at radius 1 is 1.64 bits per heavy atom. The van der Waals surface area contributed by atoms with Crippen molar-refractivity contribution < 1.29 is 14.6 Å². The van der Waals surface area contributed by atoms with E-state index in [0.717, 1.165) is 0 Å². The topological polar surface area (TPSA) is 46.5 Å². The maximum atomic E-state index is 10.6. The Balaban J connectivity index is 3.61. The highest BCUT2D eigenvalue weighted by Gasteiger charge is 2.18. The van der Waals surface area contributed by atoms with E-state index in [1.165, 1.54) is 0 Å². The third-order valence-electron chi connectivity index (χ3n) is 1.18. The van der Waals surface area contributed by atoms with Crippen molar-refractivity contribution in [1.82, 2.24) is 0 Å². The standard InChI is InChI=1S/C7H14O3S/c1-7(2,4-8)5-10-6(9)3-11/h8,11H,3-5H2,1-2H3. The number of aliphatic hydroxyl groups is 1. The molecule has 0 aromatic carbocycles. The molecular weight excluding hydrogens is 164 g/mol. The fourth-order valence-electron chi connectivity index (χ4n) is 0.367. The van der Waals surface area contributed by atoms with Gasteiger partial charge in [0.15, 0.2) is 0 Å². The van der Waals surface area contributed by atoms with E-state index >= 15 is 0 Å². The van der Waals surface area contributed by atoms with Crippen molar-refractivity contribution in [3.05, 3.63) is 0 Å². The third kappa shape index (κ3) is 5.09. The Labute approximate surface area is 72.2 Å². The van der Waals surface area contributed by atoms with Crippen LogP contribution in [-0.2, 0) is 9.53 Å². The minimum atomic E-state index is -0.352. The summed E-state index contributed by atoms with van der Waals surface area (Å²) in [7, 11) is 0. The first-order valence-electron chi connectivity index (χ1n) is 3.39. The highest BCUT2D eigenvalue weighted by molar-refractivity contribution is 7.81. The number of esters is 1. The van der Waals surface area contributed by atoms with E-state index in [1.807, 2.05) is 13.8 Å². The molecule has 0 fully saturated rings. The molecular formula is C7H14O3S. The van der Waals surface area contributed by atoms with Gasteiger partial charge in [0.1, 0.15) is 0 Å². The predicted molar refractivity (Wildman–Crippen MR) is 45.7 cm³/mol. The second-order valence-corrected chi connectivity index (χ2v) is 3.46. The molecule has 66 valence electrons. The van der Waals surface area contributed by atoms with Crippen LogP contribution >= 0.6 is 12.6 Å². The van der Waals surface area contributed by atoms with E-state index in [1.54, 1.807) is 0 Å². The molecule has 11 heavy (non-hydrogen) atoms. The number of aliphatic hydroxyl groups excluding tert-OH is 1. The molecule has 3 nitrogen and oxygen atoms in total. The van der Waals surface area contributed by atoms with E-state index in [-0.39, 0.29) is 30.4 Å². The van der Waals surface area contributed by atoms with E-state index in [4.69, 9.17) is 9.84 Å². The summed E-state index contributed by atoms with van der Waals surface area (Å²) in [5.41, 5.74) is -0.349. The van der Waals surface area contributed by atoms with Gasteiger partial charge in [-0.25, -0.2) is 0 Å². The summed E-state index contributed by atoms with van der Waals surface area (Å²) in [6.07, 6.45) is 0. The van der Waals surface area contributed by atoms with Gasteiger partial charge in [-0.1, -0.05) is 13.8 Å². The first-order chi connectivity index (χ1) is 5.02. The Bertz CT molecular complexity index is 134. The molecule has 0 rings (SSSR count). The zero-order chi connectivity index (χ0) is 8.91. The van der Waals surface area contributed by atoms with Gasteiger partial charge in [-0.2, -0.15) is 12.6 Å². The molecule has 0 aliphatic carbocycles. The van der Waals surface area contributed by atoms with Crippen LogP contribution in [-0.4, -0.2) is 30.0 Å². The van der Waals surface area contributed by atoms with Crippen LogP contribution in [0.1, 0.15) is 13.8 Å². The average Bonchev–Trinajstić information content (AvgIpc) is 2.00. The van der Waals surface area contributed by atoms with Gasteiger partial charge in [-0.3, -0.25) is 4.79 Å². The van der Waals surface area contributed by atoms with Crippen molar-refractivity contribution in [2.75, 3.05) is 19.0 Å². The summed E-state index contributed by atoms with van der Waals surface area (Å²) in [6, 6.07) is 0. The fourth-order valence-corrected chi connectivity index (χ4v) is 0.458. The molecule has 0 amide bonds. The number of rotatable bonds is 4. The average molecular weight is 178 g/mol. The molecule has 0 aromatic heterocycles. The van der Waals surface area contributed by atoms with E-state index in [2.05, 4.69) is 12.6 Å². The Morgan fingerprint density at radius 3 is 2.55 bits per heavy atom. The monoisotopic (exact) mass is 178 g/mol. The molecule has 0 heterocycles. The summed E-state index contributed by atoms with van der Waals surface area (Å²) in [6.45, 7) is 3.88. The molecule has 0 bridgehead atoms. The van der Waals surface area contributed by atoms with Gasteiger partial charge < -0.3 is 9.84 Å². The maximum absolute atomic E-state index is 10.6. The second-order valence-electron chi connectivity index (χ2n) is 3.14. The predicted octanol–water partition coefficient (Wildman–Crippen LogP) is 0.478. The Hall–Kier alpha value is -0.220. The smallest absolute Gasteiger partial charge is 0.315 e. The number of carbonyl (C=O) groups is 1. The quantitative estimate of drug-likeness (QED) is 0.486. The normalized spacial score (nSPS) is 11.3. The molecule has 0 saturated carbocycles. The van der Waals surface area contributed by atoms with Crippen LogP contribution < -0.4 is 0 Å². The molecule has 0 saturated heterocycles. The minimum absolute atomic E-state index is 0.00680. The number of ether oxygens (including phenoxy) is 1. The van der Waals surface area contributed by atoms with Gasteiger partial charge in [0, 0.05) is 5.41 Å². The number of hydrogen-bond donors (Lipinski definition) is 2. The minimum Gasteiger partial charge on any atom is -0.464 e. The highest BCUT2D eigenvalue weighted by Crippen LogP contribution is 2.13. The van der Waals surface area contributed by atoms with Crippen LogP contribution in [0, 0.1) is 5.41 Å². The molecule has 0 unspecified atom stereocenters. The van der Waals surface area contributed by atoms with Crippen molar-refractivity contribution in [2.24, 2.45) is 5.41 Å². The second kappa shape index (κ2) is 4.62. The van der Waals surface area contributed by atoms with Gasteiger partial charge in [-0.05, 0) is 0 Å². The molecule has 0 aliphatic rings. The molecule has 0 aromatic rings. The molecule has 0 atom stereocenters. The molecule has 0 spiro atoms. The lowest BCUT2D eigenvalue weighted by Gasteiger charge is -2.20. The third-order valence-corrected chi connectivity index (χ3v) is 1.44. The van der Waals surface area contributed by atoms with Gasteiger partial charge >= 0.3 is 5.97 Å². The summed E-state index contributed by atoms with van der Waals surface area (Å²) >= 11 is 3.74. The lowest BCUT2D eigenvalue weighted by Crippen LogP contribution is -2.25. The lowest BCUT2D eigenvalue weighted by molar-refractivity contribution is -0.144. The zero-order valence-electron chi connectivity index (χ0n) is 6.83. The van der Waals surface area contributed by atoms with Crippen molar-refractivity contribution in [3.63, 3.8) is 0 Å². The van der Waals surface area contributed by atoms with Crippen molar-refractivity contribution in [3.8, 4) is 0 Å². The lowest BCUT2D eigenvalue weighted by atomic mass is 9.97. The Morgan fingerprint density at radius 2 is 2.18 bits per heavy atom. The van der Waals surface area contributed by atoms with Crippen LogP contribution in [0.4, 0.5) is 0 Å². The fraction of sp³-hybridized carbons (Fsp3) is 0.857. The van der Waals surface area contributed by atoms with Gasteiger partial charge in [-0.15, -0.1) is 0 Å². The van der Waals surface area contributed by atoms with Crippen LogP contribution in [0.15, 0.2) is 0 Å². The van der Waals surface area contributed by atoms with Crippen molar-refractivity contribution in [2.45, 2.75) is 13.8 Å². The molecule has 4 heteroatoms. The number of carbonyl (C=O) groups excluding carboxylic acids is 1. The van der Waals surface area contributed by atoms with E-state index < -0.39 is 0 Å². The maximum Gasteiger partial charge on any atom is 0.315 e. The van der Waals surface area contributed by atoms with E-state index in [0.29, 0.717) is 0 Å². The van der Waals surface area contributed by atoms with Crippen LogP contribution in [0.2, 0.25) is 0 Å². The zero-order valence-corrected chi connectivity index (χ0v) is 7.73. The first-order valence-corrected chi connectivity index (χ1v) is 4.02. The van der Waals surface area contributed by atoms with Crippen molar-refractivity contribution in [1.29, 1.82) is 0 Å².